The Hall–Kier alpha value is -0.610. The fourth-order valence-electron chi connectivity index (χ4n) is 2.16. The van der Waals surface area contributed by atoms with Crippen molar-refractivity contribution >= 4 is 31.9 Å². The highest BCUT2D eigenvalue weighted by atomic mass is 79.9. The smallest absolute Gasteiger partial charge is 0.0521 e. The molecule has 2 aromatic rings. The number of benzene rings is 1. The van der Waals surface area contributed by atoms with Crippen LogP contribution in [0.2, 0.25) is 0 Å². The summed E-state index contributed by atoms with van der Waals surface area (Å²) < 4.78 is 3.01. The molecule has 0 aliphatic heterocycles. The minimum Gasteiger partial charge on any atom is -0.276 e. The highest BCUT2D eigenvalue weighted by Gasteiger charge is 2.09. The van der Waals surface area contributed by atoms with E-state index in [2.05, 4.69) is 67.4 Å². The van der Waals surface area contributed by atoms with E-state index in [1.165, 1.54) is 17.5 Å². The van der Waals surface area contributed by atoms with Crippen LogP contribution in [-0.4, -0.2) is 15.1 Å². The van der Waals surface area contributed by atoms with Crippen LogP contribution in [0.5, 0.6) is 0 Å². The molecule has 0 amide bonds. The first kappa shape index (κ1) is 14.8. The summed E-state index contributed by atoms with van der Waals surface area (Å²) in [5.74, 6) is 0.668. The zero-order valence-electron chi connectivity index (χ0n) is 11.0. The summed E-state index contributed by atoms with van der Waals surface area (Å²) in [7, 11) is 1.97. The molecule has 0 saturated heterocycles. The molecular weight excluding hydrogens is 368 g/mol. The van der Waals surface area contributed by atoms with Crippen LogP contribution >= 0.6 is 31.9 Å². The van der Waals surface area contributed by atoms with Crippen LogP contribution in [0.4, 0.5) is 0 Å². The van der Waals surface area contributed by atoms with Crippen molar-refractivity contribution in [3.63, 3.8) is 0 Å². The molecule has 0 aliphatic rings. The van der Waals surface area contributed by atoms with Crippen molar-refractivity contribution in [1.82, 2.24) is 9.78 Å². The van der Waals surface area contributed by atoms with Crippen molar-refractivity contribution in [3.05, 3.63) is 52.3 Å². The summed E-state index contributed by atoms with van der Waals surface area (Å²) in [5, 5.41) is 5.26. The molecule has 1 aromatic carbocycles. The van der Waals surface area contributed by atoms with E-state index in [0.717, 1.165) is 22.6 Å². The standard InChI is InChI=1S/C15H18Br2N2/c1-19-11-14(10-18-19)3-2-13(9-16)8-12-4-6-15(17)7-5-12/h4-7,10-11,13H,2-3,8-9H2,1H3. The van der Waals surface area contributed by atoms with Crippen molar-refractivity contribution in [2.45, 2.75) is 19.3 Å². The van der Waals surface area contributed by atoms with Gasteiger partial charge < -0.3 is 0 Å². The number of hydrogen-bond acceptors (Lipinski definition) is 1. The van der Waals surface area contributed by atoms with Gasteiger partial charge in [0.15, 0.2) is 0 Å². The summed E-state index contributed by atoms with van der Waals surface area (Å²) in [4.78, 5) is 0. The van der Waals surface area contributed by atoms with Gasteiger partial charge in [-0.1, -0.05) is 44.0 Å². The molecule has 102 valence electrons. The Bertz CT molecular complexity index is 505. The van der Waals surface area contributed by atoms with Gasteiger partial charge in [-0.05, 0) is 48.4 Å². The Labute approximate surface area is 131 Å². The van der Waals surface area contributed by atoms with Gasteiger partial charge in [0.2, 0.25) is 0 Å². The fraction of sp³-hybridized carbons (Fsp3) is 0.400. The Kier molecular flexibility index (Phi) is 5.64. The average Bonchev–Trinajstić information content (AvgIpc) is 2.82. The predicted octanol–water partition coefficient (Wildman–Crippen LogP) is 4.37. The van der Waals surface area contributed by atoms with Gasteiger partial charge in [-0.2, -0.15) is 5.10 Å². The molecule has 1 unspecified atom stereocenters. The minimum atomic E-state index is 0.668. The summed E-state index contributed by atoms with van der Waals surface area (Å²) in [6.45, 7) is 0. The molecule has 0 fully saturated rings. The van der Waals surface area contributed by atoms with E-state index in [-0.39, 0.29) is 0 Å². The molecule has 1 heterocycles. The van der Waals surface area contributed by atoms with Crippen molar-refractivity contribution < 1.29 is 0 Å². The quantitative estimate of drug-likeness (QED) is 0.675. The van der Waals surface area contributed by atoms with E-state index in [9.17, 15) is 0 Å². The lowest BCUT2D eigenvalue weighted by atomic mass is 9.95. The molecule has 2 rings (SSSR count). The SMILES string of the molecule is Cn1cc(CCC(CBr)Cc2ccc(Br)cc2)cn1. The molecule has 1 atom stereocenters. The van der Waals surface area contributed by atoms with Crippen LogP contribution in [0.25, 0.3) is 0 Å². The Morgan fingerprint density at radius 2 is 1.95 bits per heavy atom. The maximum atomic E-state index is 4.21. The van der Waals surface area contributed by atoms with E-state index >= 15 is 0 Å². The van der Waals surface area contributed by atoms with E-state index in [4.69, 9.17) is 0 Å². The second kappa shape index (κ2) is 7.25. The Balaban J connectivity index is 1.87. The van der Waals surface area contributed by atoms with E-state index in [1.807, 2.05) is 17.9 Å². The van der Waals surface area contributed by atoms with E-state index in [0.29, 0.717) is 5.92 Å². The van der Waals surface area contributed by atoms with Gasteiger partial charge in [-0.15, -0.1) is 0 Å². The first-order chi connectivity index (χ1) is 9.17. The van der Waals surface area contributed by atoms with Gasteiger partial charge in [-0.3, -0.25) is 4.68 Å². The van der Waals surface area contributed by atoms with Gasteiger partial charge in [0.05, 0.1) is 6.20 Å². The number of aromatic nitrogens is 2. The molecule has 0 radical (unpaired) electrons. The molecule has 0 spiro atoms. The lowest BCUT2D eigenvalue weighted by molar-refractivity contribution is 0.542. The molecule has 4 heteroatoms. The van der Waals surface area contributed by atoms with Crippen molar-refractivity contribution in [2.24, 2.45) is 13.0 Å². The second-order valence-electron chi connectivity index (χ2n) is 4.91. The molecule has 2 nitrogen and oxygen atoms in total. The molecule has 0 saturated carbocycles. The molecule has 1 aromatic heterocycles. The van der Waals surface area contributed by atoms with Crippen LogP contribution in [-0.2, 0) is 19.9 Å². The third-order valence-electron chi connectivity index (χ3n) is 3.26. The van der Waals surface area contributed by atoms with Crippen molar-refractivity contribution in [1.29, 1.82) is 0 Å². The zero-order chi connectivity index (χ0) is 13.7. The first-order valence-corrected chi connectivity index (χ1v) is 8.36. The molecular formula is C15H18Br2N2. The molecule has 0 aliphatic carbocycles. The number of rotatable bonds is 6. The minimum absolute atomic E-state index is 0.668. The summed E-state index contributed by atoms with van der Waals surface area (Å²) in [5.41, 5.74) is 2.73. The summed E-state index contributed by atoms with van der Waals surface area (Å²) in [6, 6.07) is 8.62. The number of alkyl halides is 1. The van der Waals surface area contributed by atoms with Gasteiger partial charge in [-0.25, -0.2) is 0 Å². The average molecular weight is 386 g/mol. The van der Waals surface area contributed by atoms with E-state index < -0.39 is 0 Å². The third kappa shape index (κ3) is 4.77. The van der Waals surface area contributed by atoms with Gasteiger partial charge in [0, 0.05) is 23.0 Å². The monoisotopic (exact) mass is 384 g/mol. The fourth-order valence-corrected chi connectivity index (χ4v) is 2.98. The molecule has 0 N–H and O–H groups in total. The Morgan fingerprint density at radius 3 is 2.53 bits per heavy atom. The van der Waals surface area contributed by atoms with Crippen LogP contribution in [0, 0.1) is 5.92 Å². The summed E-state index contributed by atoms with van der Waals surface area (Å²) in [6.07, 6.45) is 7.47. The van der Waals surface area contributed by atoms with Crippen molar-refractivity contribution in [3.8, 4) is 0 Å². The number of aryl methyl sites for hydroxylation is 2. The lowest BCUT2D eigenvalue weighted by Crippen LogP contribution is -2.07. The largest absolute Gasteiger partial charge is 0.276 e. The van der Waals surface area contributed by atoms with Gasteiger partial charge in [0.1, 0.15) is 0 Å². The van der Waals surface area contributed by atoms with Crippen LogP contribution in [0.15, 0.2) is 41.1 Å². The van der Waals surface area contributed by atoms with Gasteiger partial charge in [0.25, 0.3) is 0 Å². The maximum Gasteiger partial charge on any atom is 0.0521 e. The maximum absolute atomic E-state index is 4.21. The third-order valence-corrected chi connectivity index (χ3v) is 4.70. The van der Waals surface area contributed by atoms with Crippen LogP contribution in [0.3, 0.4) is 0 Å². The van der Waals surface area contributed by atoms with Gasteiger partial charge >= 0.3 is 0 Å². The topological polar surface area (TPSA) is 17.8 Å². The second-order valence-corrected chi connectivity index (χ2v) is 6.48. The number of hydrogen-bond donors (Lipinski definition) is 0. The van der Waals surface area contributed by atoms with E-state index in [1.54, 1.807) is 0 Å². The van der Waals surface area contributed by atoms with Crippen LogP contribution in [0.1, 0.15) is 17.5 Å². The number of halogens is 2. The first-order valence-electron chi connectivity index (χ1n) is 6.45. The lowest BCUT2D eigenvalue weighted by Gasteiger charge is -2.13. The number of nitrogens with zero attached hydrogens (tertiary/aromatic N) is 2. The molecule has 19 heavy (non-hydrogen) atoms. The van der Waals surface area contributed by atoms with Crippen LogP contribution < -0.4 is 0 Å². The highest BCUT2D eigenvalue weighted by molar-refractivity contribution is 9.10. The zero-order valence-corrected chi connectivity index (χ0v) is 14.2. The highest BCUT2D eigenvalue weighted by Crippen LogP contribution is 2.19. The Morgan fingerprint density at radius 1 is 1.21 bits per heavy atom. The van der Waals surface area contributed by atoms with Crippen molar-refractivity contribution in [2.75, 3.05) is 5.33 Å². The normalized spacial score (nSPS) is 12.6. The predicted molar refractivity (Wildman–Crippen MR) is 86.7 cm³/mol. The molecule has 0 bridgehead atoms. The summed E-state index contributed by atoms with van der Waals surface area (Å²) >= 11 is 7.11.